The number of alkyl halides is 8. The number of methoxy groups -OCH3 is 1. The molecule has 13 heteroatoms. The van der Waals surface area contributed by atoms with Crippen LogP contribution in [0.2, 0.25) is 0 Å². The van der Waals surface area contributed by atoms with E-state index in [0.29, 0.717) is 0 Å². The number of anilines is 1. The third-order valence-electron chi connectivity index (χ3n) is 2.54. The highest BCUT2D eigenvalue weighted by Gasteiger charge is 2.76. The maximum absolute atomic E-state index is 13.4. The summed E-state index contributed by atoms with van der Waals surface area (Å²) in [6, 6.07) is -5.24. The number of nitrogens with zero attached hydrogens (tertiary/aromatic N) is 3. The molecule has 0 bridgehead atoms. The van der Waals surface area contributed by atoms with Gasteiger partial charge in [0.05, 0.1) is 7.11 Å². The van der Waals surface area contributed by atoms with Crippen molar-refractivity contribution in [3.8, 4) is 5.88 Å². The fourth-order valence-electron chi connectivity index (χ4n) is 1.31. The van der Waals surface area contributed by atoms with Crippen LogP contribution in [0.4, 0.5) is 41.1 Å². The Morgan fingerprint density at radius 3 is 2.09 bits per heavy atom. The van der Waals surface area contributed by atoms with E-state index in [2.05, 4.69) is 14.7 Å². The van der Waals surface area contributed by atoms with Gasteiger partial charge in [0, 0.05) is 11.8 Å². The monoisotopic (exact) mass is 354 g/mol. The summed E-state index contributed by atoms with van der Waals surface area (Å²) in [5.41, 5.74) is -0.201. The van der Waals surface area contributed by atoms with Gasteiger partial charge in [-0.15, -0.1) is 0 Å². The molecule has 0 aliphatic carbocycles. The van der Waals surface area contributed by atoms with E-state index < -0.39 is 41.2 Å². The lowest BCUT2D eigenvalue weighted by Crippen LogP contribution is -2.63. The van der Waals surface area contributed by atoms with Crippen LogP contribution in [0.1, 0.15) is 5.69 Å². The Bertz CT molecular complexity index is 569. The molecule has 0 aliphatic heterocycles. The van der Waals surface area contributed by atoms with Gasteiger partial charge < -0.3 is 15.0 Å². The van der Waals surface area contributed by atoms with Gasteiger partial charge in [0.25, 0.3) is 0 Å². The van der Waals surface area contributed by atoms with E-state index in [0.717, 1.165) is 20.1 Å². The number of rotatable bonds is 6. The number of hydrogen-bond acceptors (Lipinski definition) is 5. The van der Waals surface area contributed by atoms with Crippen LogP contribution < -0.4 is 9.80 Å². The highest BCUT2D eigenvalue weighted by atomic mass is 19.4. The lowest BCUT2D eigenvalue weighted by molar-refractivity contribution is -0.336. The quantitative estimate of drug-likeness (QED) is 0.446. The van der Waals surface area contributed by atoms with Crippen LogP contribution in [0.15, 0.2) is 6.07 Å². The third kappa shape index (κ3) is 3.09. The van der Waals surface area contributed by atoms with Crippen molar-refractivity contribution in [1.29, 1.82) is 0 Å². The first-order valence-corrected chi connectivity index (χ1v) is 5.57. The van der Waals surface area contributed by atoms with E-state index in [4.69, 9.17) is 0 Å². The highest BCUT2D eigenvalue weighted by molar-refractivity contribution is 5.38. The van der Waals surface area contributed by atoms with Crippen LogP contribution in [0.25, 0.3) is 0 Å². The van der Waals surface area contributed by atoms with Gasteiger partial charge in [-0.25, -0.2) is 13.8 Å². The smallest absolute Gasteiger partial charge is 0.397 e. The van der Waals surface area contributed by atoms with Crippen LogP contribution in [-0.4, -0.2) is 41.4 Å². The first-order chi connectivity index (χ1) is 10.3. The number of ether oxygens (including phenoxy) is 1. The zero-order chi connectivity index (χ0) is 18.2. The second-order valence-corrected chi connectivity index (χ2v) is 4.19. The molecule has 0 unspecified atom stereocenters. The molecule has 132 valence electrons. The van der Waals surface area contributed by atoms with Gasteiger partial charge in [-0.05, 0) is 6.92 Å². The predicted molar refractivity (Wildman–Crippen MR) is 60.0 cm³/mol. The molecule has 0 aliphatic rings. The van der Waals surface area contributed by atoms with E-state index in [-0.39, 0.29) is 5.69 Å². The molecule has 0 amide bonds. The Morgan fingerprint density at radius 2 is 1.65 bits per heavy atom. The second kappa shape index (κ2) is 5.94. The van der Waals surface area contributed by atoms with Gasteiger partial charge in [0.15, 0.2) is 0 Å². The van der Waals surface area contributed by atoms with Gasteiger partial charge in [0.2, 0.25) is 11.8 Å². The van der Waals surface area contributed by atoms with Crippen molar-refractivity contribution < 1.29 is 39.9 Å². The summed E-state index contributed by atoms with van der Waals surface area (Å²) in [6.45, 7) is 1.13. The number of halogens is 8. The Balaban J connectivity index is 3.34. The van der Waals surface area contributed by atoms with E-state index in [1.165, 1.54) is 0 Å². The standard InChI is InChI=1S/C10H8F8N3O2/c1-4-3-5(23-2)20-7(19-4)21(22)10(17,18)9(15,16)8(13,14)6(11)12/h3,6H,1-2H3/q-1. The minimum atomic E-state index is -6.70. The maximum atomic E-state index is 13.4. The molecule has 0 N–H and O–H groups in total. The van der Waals surface area contributed by atoms with E-state index in [1.54, 1.807) is 0 Å². The number of hydroxylamine groups is 1. The van der Waals surface area contributed by atoms with Crippen LogP contribution in [0, 0.1) is 12.1 Å². The van der Waals surface area contributed by atoms with Crippen molar-refractivity contribution in [3.63, 3.8) is 0 Å². The van der Waals surface area contributed by atoms with Crippen molar-refractivity contribution in [2.45, 2.75) is 31.2 Å². The zero-order valence-electron chi connectivity index (χ0n) is 11.3. The van der Waals surface area contributed by atoms with Crippen molar-refractivity contribution in [2.75, 3.05) is 12.2 Å². The Labute approximate surface area is 123 Å². The van der Waals surface area contributed by atoms with Gasteiger partial charge in [-0.3, -0.25) is 0 Å². The normalized spacial score (nSPS) is 13.4. The summed E-state index contributed by atoms with van der Waals surface area (Å²) in [7, 11) is 0.985. The SMILES string of the molecule is COc1cc(C)nc(N([O-])C(F)(F)C(F)(F)C(F)(F)C(F)F)n1. The lowest BCUT2D eigenvalue weighted by atomic mass is 10.1. The summed E-state index contributed by atoms with van der Waals surface area (Å²) < 4.78 is 107. The van der Waals surface area contributed by atoms with Crippen LogP contribution in [0.5, 0.6) is 5.88 Å². The van der Waals surface area contributed by atoms with Crippen LogP contribution in [0.3, 0.4) is 0 Å². The Hall–Kier alpha value is -1.92. The predicted octanol–water partition coefficient (Wildman–Crippen LogP) is 3.23. The first-order valence-electron chi connectivity index (χ1n) is 5.57. The zero-order valence-corrected chi connectivity index (χ0v) is 11.3. The average molecular weight is 354 g/mol. The molecule has 23 heavy (non-hydrogen) atoms. The van der Waals surface area contributed by atoms with E-state index >= 15 is 0 Å². The summed E-state index contributed by atoms with van der Waals surface area (Å²) in [4.78, 5) is 6.06. The average Bonchev–Trinajstić information content (AvgIpc) is 2.44. The minimum absolute atomic E-state index is 0.201. The van der Waals surface area contributed by atoms with Crippen molar-refractivity contribution >= 4 is 5.95 Å². The molecule has 0 aromatic carbocycles. The molecule has 5 nitrogen and oxygen atoms in total. The molecular formula is C10H8F8N3O2-. The van der Waals surface area contributed by atoms with E-state index in [1.807, 2.05) is 0 Å². The molecular weight excluding hydrogens is 346 g/mol. The van der Waals surface area contributed by atoms with E-state index in [9.17, 15) is 40.3 Å². The van der Waals surface area contributed by atoms with Crippen molar-refractivity contribution in [1.82, 2.24) is 9.97 Å². The molecule has 1 heterocycles. The first kappa shape index (κ1) is 19.1. The molecule has 0 radical (unpaired) electrons. The van der Waals surface area contributed by atoms with Crippen molar-refractivity contribution in [2.24, 2.45) is 0 Å². The molecule has 1 aromatic rings. The highest BCUT2D eigenvalue weighted by Crippen LogP contribution is 2.50. The third-order valence-corrected chi connectivity index (χ3v) is 2.54. The summed E-state index contributed by atoms with van der Waals surface area (Å²) in [6.07, 6.45) is -5.13. The van der Waals surface area contributed by atoms with Crippen LogP contribution in [-0.2, 0) is 0 Å². The number of hydrogen-bond donors (Lipinski definition) is 0. The van der Waals surface area contributed by atoms with Crippen molar-refractivity contribution in [3.05, 3.63) is 17.0 Å². The van der Waals surface area contributed by atoms with Gasteiger partial charge in [-0.1, -0.05) is 0 Å². The molecule has 0 fully saturated rings. The van der Waals surface area contributed by atoms with Gasteiger partial charge in [-0.2, -0.15) is 31.3 Å². The minimum Gasteiger partial charge on any atom is -0.752 e. The molecule has 0 spiro atoms. The Morgan fingerprint density at radius 1 is 1.13 bits per heavy atom. The van der Waals surface area contributed by atoms with Gasteiger partial charge >= 0.3 is 24.3 Å². The topological polar surface area (TPSA) is 61.3 Å². The number of aromatic nitrogens is 2. The molecule has 0 atom stereocenters. The summed E-state index contributed by atoms with van der Waals surface area (Å²) in [5, 5.41) is 9.37. The number of aryl methyl sites for hydroxylation is 1. The second-order valence-electron chi connectivity index (χ2n) is 4.19. The Kier molecular flexibility index (Phi) is 4.94. The maximum Gasteiger partial charge on any atom is 0.397 e. The molecule has 0 saturated heterocycles. The fourth-order valence-corrected chi connectivity index (χ4v) is 1.31. The summed E-state index contributed by atoms with van der Waals surface area (Å²) in [5.74, 6) is -15.3. The largest absolute Gasteiger partial charge is 0.752 e. The molecule has 0 saturated carbocycles. The fraction of sp³-hybridized carbons (Fsp3) is 0.600. The molecule has 1 rings (SSSR count). The van der Waals surface area contributed by atoms with Crippen LogP contribution >= 0.6 is 0 Å². The lowest BCUT2D eigenvalue weighted by Gasteiger charge is -2.42. The summed E-state index contributed by atoms with van der Waals surface area (Å²) >= 11 is 0. The van der Waals surface area contributed by atoms with Gasteiger partial charge in [0.1, 0.15) is 0 Å². The molecule has 1 aromatic heterocycles.